The largest absolute Gasteiger partial charge is 0.496 e. The third kappa shape index (κ3) is 3.32. The van der Waals surface area contributed by atoms with Crippen LogP contribution in [0.1, 0.15) is 21.5 Å². The number of nitrogen functional groups attached to an aromatic ring is 1. The van der Waals surface area contributed by atoms with Gasteiger partial charge in [-0.1, -0.05) is 0 Å². The molecule has 0 atom stereocenters. The number of nitrogens with one attached hydrogen (secondary N) is 1. The first-order chi connectivity index (χ1) is 10.0. The highest BCUT2D eigenvalue weighted by Gasteiger charge is 2.08. The van der Waals surface area contributed by atoms with Crippen molar-refractivity contribution in [3.63, 3.8) is 0 Å². The van der Waals surface area contributed by atoms with Crippen molar-refractivity contribution in [1.29, 1.82) is 0 Å². The van der Waals surface area contributed by atoms with Crippen LogP contribution in [0.5, 0.6) is 17.2 Å². The Bertz CT molecular complexity index is 651. The third-order valence-corrected chi connectivity index (χ3v) is 3.17. The summed E-state index contributed by atoms with van der Waals surface area (Å²) in [6.07, 6.45) is 0. The van der Waals surface area contributed by atoms with Gasteiger partial charge in [-0.3, -0.25) is 10.2 Å². The molecule has 0 bridgehead atoms. The zero-order valence-electron chi connectivity index (χ0n) is 12.3. The van der Waals surface area contributed by atoms with Crippen LogP contribution in [0.15, 0.2) is 36.4 Å². The van der Waals surface area contributed by atoms with Gasteiger partial charge >= 0.3 is 0 Å². The minimum absolute atomic E-state index is 0.335. The number of nitrogens with two attached hydrogens (primary N) is 1. The van der Waals surface area contributed by atoms with Crippen molar-refractivity contribution in [2.24, 2.45) is 5.84 Å². The first kappa shape index (κ1) is 14.9. The Labute approximate surface area is 123 Å². The lowest BCUT2D eigenvalue weighted by Crippen LogP contribution is -2.29. The molecule has 0 radical (unpaired) electrons. The van der Waals surface area contributed by atoms with Gasteiger partial charge in [0, 0.05) is 5.56 Å². The summed E-state index contributed by atoms with van der Waals surface area (Å²) in [4.78, 5) is 11.4. The Morgan fingerprint density at radius 3 is 2.19 bits per heavy atom. The molecule has 0 aliphatic heterocycles. The van der Waals surface area contributed by atoms with Crippen LogP contribution >= 0.6 is 0 Å². The van der Waals surface area contributed by atoms with Crippen LogP contribution in [-0.2, 0) is 0 Å². The lowest BCUT2D eigenvalue weighted by Gasteiger charge is -2.12. The number of hydrogen-bond donors (Lipinski definition) is 2. The molecule has 0 spiro atoms. The van der Waals surface area contributed by atoms with Gasteiger partial charge in [0.25, 0.3) is 5.91 Å². The number of benzene rings is 2. The number of hydrazine groups is 1. The van der Waals surface area contributed by atoms with Crippen LogP contribution in [0.4, 0.5) is 0 Å². The number of carbonyl (C=O) groups is 1. The van der Waals surface area contributed by atoms with Crippen molar-refractivity contribution < 1.29 is 14.3 Å². The van der Waals surface area contributed by atoms with Gasteiger partial charge in [0.2, 0.25) is 0 Å². The minimum Gasteiger partial charge on any atom is -0.496 e. The number of hydrogen-bond acceptors (Lipinski definition) is 4. The van der Waals surface area contributed by atoms with Crippen molar-refractivity contribution in [3.8, 4) is 17.2 Å². The highest BCUT2D eigenvalue weighted by atomic mass is 16.5. The lowest BCUT2D eigenvalue weighted by molar-refractivity contribution is 0.0953. The SMILES string of the molecule is COc1cc(C)c(Oc2ccc(C(=O)NN)cc2)cc1C. The predicted octanol–water partition coefficient (Wildman–Crippen LogP) is 2.71. The van der Waals surface area contributed by atoms with Gasteiger partial charge < -0.3 is 9.47 Å². The fourth-order valence-corrected chi connectivity index (χ4v) is 1.98. The van der Waals surface area contributed by atoms with Crippen molar-refractivity contribution in [2.45, 2.75) is 13.8 Å². The minimum atomic E-state index is -0.335. The van der Waals surface area contributed by atoms with E-state index in [1.165, 1.54) is 0 Å². The van der Waals surface area contributed by atoms with Crippen molar-refractivity contribution in [2.75, 3.05) is 7.11 Å². The monoisotopic (exact) mass is 286 g/mol. The van der Waals surface area contributed by atoms with Crippen molar-refractivity contribution in [1.82, 2.24) is 5.43 Å². The highest BCUT2D eigenvalue weighted by molar-refractivity contribution is 5.93. The molecule has 110 valence electrons. The Balaban J connectivity index is 2.22. The summed E-state index contributed by atoms with van der Waals surface area (Å²) < 4.78 is 11.1. The summed E-state index contributed by atoms with van der Waals surface area (Å²) in [6, 6.07) is 10.6. The van der Waals surface area contributed by atoms with Crippen molar-refractivity contribution >= 4 is 5.91 Å². The van der Waals surface area contributed by atoms with Crippen LogP contribution in [0.3, 0.4) is 0 Å². The first-order valence-electron chi connectivity index (χ1n) is 6.49. The smallest absolute Gasteiger partial charge is 0.265 e. The van der Waals surface area contributed by atoms with Gasteiger partial charge in [-0.25, -0.2) is 5.84 Å². The molecule has 21 heavy (non-hydrogen) atoms. The Morgan fingerprint density at radius 2 is 1.62 bits per heavy atom. The van der Waals surface area contributed by atoms with E-state index in [2.05, 4.69) is 5.43 Å². The molecule has 2 rings (SSSR count). The molecule has 5 nitrogen and oxygen atoms in total. The van der Waals surface area contributed by atoms with E-state index in [9.17, 15) is 4.79 Å². The molecule has 0 aliphatic rings. The lowest BCUT2D eigenvalue weighted by atomic mass is 10.1. The number of amides is 1. The number of carbonyl (C=O) groups excluding carboxylic acids is 1. The second-order valence-electron chi connectivity index (χ2n) is 4.69. The average Bonchev–Trinajstić information content (AvgIpc) is 2.50. The fraction of sp³-hybridized carbons (Fsp3) is 0.188. The predicted molar refractivity (Wildman–Crippen MR) is 80.6 cm³/mol. The van der Waals surface area contributed by atoms with Gasteiger partial charge in [-0.05, 0) is 61.4 Å². The van der Waals surface area contributed by atoms with E-state index in [4.69, 9.17) is 15.3 Å². The highest BCUT2D eigenvalue weighted by Crippen LogP contribution is 2.31. The van der Waals surface area contributed by atoms with E-state index in [0.717, 1.165) is 22.6 Å². The maximum absolute atomic E-state index is 11.4. The average molecular weight is 286 g/mol. The topological polar surface area (TPSA) is 73.6 Å². The number of aryl methyl sites for hydroxylation is 2. The molecule has 0 fully saturated rings. The summed E-state index contributed by atoms with van der Waals surface area (Å²) in [7, 11) is 1.64. The fourth-order valence-electron chi connectivity index (χ4n) is 1.98. The normalized spacial score (nSPS) is 10.1. The van der Waals surface area contributed by atoms with Crippen molar-refractivity contribution in [3.05, 3.63) is 53.1 Å². The van der Waals surface area contributed by atoms with Gasteiger partial charge in [0.05, 0.1) is 7.11 Å². The zero-order chi connectivity index (χ0) is 15.4. The molecule has 2 aromatic rings. The molecule has 3 N–H and O–H groups in total. The molecular weight excluding hydrogens is 268 g/mol. The maximum Gasteiger partial charge on any atom is 0.265 e. The molecule has 5 heteroatoms. The van der Waals surface area contributed by atoms with Crippen LogP contribution in [0.2, 0.25) is 0 Å². The molecule has 0 aliphatic carbocycles. The number of ether oxygens (including phenoxy) is 2. The van der Waals surface area contributed by atoms with E-state index in [1.54, 1.807) is 31.4 Å². The summed E-state index contributed by atoms with van der Waals surface area (Å²) >= 11 is 0. The standard InChI is InChI=1S/C16H18N2O3/c1-10-9-15(11(2)8-14(10)20-3)21-13-6-4-12(5-7-13)16(19)18-17/h4-9H,17H2,1-3H3,(H,18,19). The van der Waals surface area contributed by atoms with Gasteiger partial charge in [-0.15, -0.1) is 0 Å². The van der Waals surface area contributed by atoms with Crippen LogP contribution in [0, 0.1) is 13.8 Å². The summed E-state index contributed by atoms with van der Waals surface area (Å²) in [5, 5.41) is 0. The molecule has 0 saturated carbocycles. The molecule has 2 aromatic carbocycles. The van der Waals surface area contributed by atoms with E-state index in [0.29, 0.717) is 11.3 Å². The maximum atomic E-state index is 11.4. The second-order valence-corrected chi connectivity index (χ2v) is 4.69. The summed E-state index contributed by atoms with van der Waals surface area (Å²) in [5.41, 5.74) is 4.54. The zero-order valence-corrected chi connectivity index (χ0v) is 12.3. The molecule has 0 aromatic heterocycles. The molecule has 0 unspecified atom stereocenters. The van der Waals surface area contributed by atoms with Crippen LogP contribution in [0.25, 0.3) is 0 Å². The summed E-state index contributed by atoms with van der Waals surface area (Å²) in [6.45, 7) is 3.91. The van der Waals surface area contributed by atoms with Crippen LogP contribution in [-0.4, -0.2) is 13.0 Å². The van der Waals surface area contributed by atoms with Gasteiger partial charge in [-0.2, -0.15) is 0 Å². The van der Waals surface area contributed by atoms with Crippen LogP contribution < -0.4 is 20.7 Å². The number of methoxy groups -OCH3 is 1. The first-order valence-corrected chi connectivity index (χ1v) is 6.49. The molecule has 0 heterocycles. The Kier molecular flexibility index (Phi) is 4.45. The van der Waals surface area contributed by atoms with E-state index < -0.39 is 0 Å². The second kappa shape index (κ2) is 6.28. The van der Waals surface area contributed by atoms with Gasteiger partial charge in [0.15, 0.2) is 0 Å². The van der Waals surface area contributed by atoms with E-state index >= 15 is 0 Å². The number of rotatable bonds is 4. The quantitative estimate of drug-likeness (QED) is 0.515. The Hall–Kier alpha value is -2.53. The molecular formula is C16H18N2O3. The summed E-state index contributed by atoms with van der Waals surface area (Å²) in [5.74, 6) is 6.98. The molecule has 0 saturated heterocycles. The Morgan fingerprint density at radius 1 is 1.05 bits per heavy atom. The third-order valence-electron chi connectivity index (χ3n) is 3.17. The van der Waals surface area contributed by atoms with E-state index in [1.807, 2.05) is 26.0 Å². The van der Waals surface area contributed by atoms with Gasteiger partial charge in [0.1, 0.15) is 17.2 Å². The van der Waals surface area contributed by atoms with E-state index in [-0.39, 0.29) is 5.91 Å². The molecule has 1 amide bonds.